The topological polar surface area (TPSA) is 91.3 Å². The van der Waals surface area contributed by atoms with Gasteiger partial charge in [-0.05, 0) is 18.6 Å². The summed E-state index contributed by atoms with van der Waals surface area (Å²) < 4.78 is 18.9. The second kappa shape index (κ2) is 4.89. The molecule has 0 saturated carbocycles. The molecule has 19 heavy (non-hydrogen) atoms. The van der Waals surface area contributed by atoms with Crippen molar-refractivity contribution in [1.82, 2.24) is 4.98 Å². The first-order chi connectivity index (χ1) is 8.97. The van der Waals surface area contributed by atoms with E-state index in [1.165, 1.54) is 6.07 Å². The molecular weight excluding hydrogens is 253 g/mol. The van der Waals surface area contributed by atoms with Crippen LogP contribution < -0.4 is 10.5 Å². The molecule has 7 heteroatoms. The zero-order chi connectivity index (χ0) is 14.0. The lowest BCUT2D eigenvalue weighted by Gasteiger charge is -2.07. The predicted molar refractivity (Wildman–Crippen MR) is 66.5 cm³/mol. The van der Waals surface area contributed by atoms with Gasteiger partial charge in [0, 0.05) is 0 Å². The standard InChI is InChI=1S/C12H10FN3O3/c1-7-3-2-4-9(12(7)13)19-11-6-8(16(17)18)5-10(14)15-11/h2-6H,1H3,(H2,14,15). The molecule has 0 spiro atoms. The summed E-state index contributed by atoms with van der Waals surface area (Å²) in [6.45, 7) is 1.58. The third kappa shape index (κ3) is 2.76. The summed E-state index contributed by atoms with van der Waals surface area (Å²) >= 11 is 0. The summed E-state index contributed by atoms with van der Waals surface area (Å²) in [5.41, 5.74) is 5.56. The normalized spacial score (nSPS) is 10.2. The van der Waals surface area contributed by atoms with Crippen molar-refractivity contribution in [3.05, 3.63) is 51.8 Å². The van der Waals surface area contributed by atoms with Crippen molar-refractivity contribution >= 4 is 11.5 Å². The lowest BCUT2D eigenvalue weighted by atomic mass is 10.2. The molecule has 2 N–H and O–H groups in total. The minimum absolute atomic E-state index is 0.0626. The second-order valence-electron chi connectivity index (χ2n) is 3.83. The van der Waals surface area contributed by atoms with E-state index in [1.54, 1.807) is 19.1 Å². The Morgan fingerprint density at radius 1 is 1.42 bits per heavy atom. The minimum atomic E-state index is -0.627. The smallest absolute Gasteiger partial charge is 0.278 e. The third-order valence-corrected chi connectivity index (χ3v) is 2.39. The number of aryl methyl sites for hydroxylation is 1. The fourth-order valence-electron chi connectivity index (χ4n) is 1.48. The Bertz CT molecular complexity index is 646. The number of aromatic nitrogens is 1. The van der Waals surface area contributed by atoms with Crippen molar-refractivity contribution in [3.8, 4) is 11.6 Å². The van der Waals surface area contributed by atoms with Crippen LogP contribution in [0, 0.1) is 22.9 Å². The molecule has 1 heterocycles. The van der Waals surface area contributed by atoms with Crippen molar-refractivity contribution in [2.24, 2.45) is 0 Å². The van der Waals surface area contributed by atoms with Gasteiger partial charge in [-0.15, -0.1) is 0 Å². The molecular formula is C12H10FN3O3. The molecule has 0 atom stereocenters. The van der Waals surface area contributed by atoms with Crippen molar-refractivity contribution < 1.29 is 14.1 Å². The van der Waals surface area contributed by atoms with Gasteiger partial charge >= 0.3 is 0 Å². The van der Waals surface area contributed by atoms with E-state index in [0.29, 0.717) is 5.56 Å². The minimum Gasteiger partial charge on any atom is -0.436 e. The van der Waals surface area contributed by atoms with Gasteiger partial charge in [-0.25, -0.2) is 4.39 Å². The Morgan fingerprint density at radius 3 is 2.84 bits per heavy atom. The summed E-state index contributed by atoms with van der Waals surface area (Å²) in [5, 5.41) is 10.7. The highest BCUT2D eigenvalue weighted by atomic mass is 19.1. The maximum atomic E-state index is 13.7. The van der Waals surface area contributed by atoms with Gasteiger partial charge in [-0.2, -0.15) is 4.98 Å². The lowest BCUT2D eigenvalue weighted by Crippen LogP contribution is -1.98. The van der Waals surface area contributed by atoms with Crippen molar-refractivity contribution in [3.63, 3.8) is 0 Å². The molecule has 0 radical (unpaired) electrons. The lowest BCUT2D eigenvalue weighted by molar-refractivity contribution is -0.384. The molecule has 98 valence electrons. The Balaban J connectivity index is 2.38. The fraction of sp³-hybridized carbons (Fsp3) is 0.0833. The number of benzene rings is 1. The number of nitrogens with two attached hydrogens (primary N) is 1. The molecule has 0 aliphatic carbocycles. The zero-order valence-electron chi connectivity index (χ0n) is 9.96. The monoisotopic (exact) mass is 263 g/mol. The SMILES string of the molecule is Cc1cccc(Oc2cc([N+](=O)[O-])cc(N)n2)c1F. The molecule has 1 aromatic carbocycles. The average Bonchev–Trinajstić information content (AvgIpc) is 2.34. The summed E-state index contributed by atoms with van der Waals surface area (Å²) in [4.78, 5) is 13.8. The highest BCUT2D eigenvalue weighted by Crippen LogP contribution is 2.28. The second-order valence-corrected chi connectivity index (χ2v) is 3.83. The molecule has 0 fully saturated rings. The van der Waals surface area contributed by atoms with Crippen LogP contribution in [-0.2, 0) is 0 Å². The molecule has 0 amide bonds. The molecule has 0 aliphatic rings. The van der Waals surface area contributed by atoms with Crippen LogP contribution >= 0.6 is 0 Å². The summed E-state index contributed by atoms with van der Waals surface area (Å²) in [6.07, 6.45) is 0. The highest BCUT2D eigenvalue weighted by molar-refractivity contribution is 5.46. The number of nitrogens with zero attached hydrogens (tertiary/aromatic N) is 2. The van der Waals surface area contributed by atoms with Gasteiger partial charge in [0.2, 0.25) is 5.88 Å². The van der Waals surface area contributed by atoms with E-state index in [2.05, 4.69) is 4.98 Å². The number of hydrogen-bond acceptors (Lipinski definition) is 5. The van der Waals surface area contributed by atoms with E-state index >= 15 is 0 Å². The molecule has 0 saturated heterocycles. The van der Waals surface area contributed by atoms with E-state index in [-0.39, 0.29) is 23.1 Å². The van der Waals surface area contributed by atoms with E-state index < -0.39 is 10.7 Å². The number of rotatable bonds is 3. The number of halogens is 1. The third-order valence-electron chi connectivity index (χ3n) is 2.39. The fourth-order valence-corrected chi connectivity index (χ4v) is 1.48. The largest absolute Gasteiger partial charge is 0.436 e. The molecule has 0 unspecified atom stereocenters. The van der Waals surface area contributed by atoms with Crippen LogP contribution in [0.15, 0.2) is 30.3 Å². The molecule has 1 aromatic heterocycles. The number of anilines is 1. The van der Waals surface area contributed by atoms with Gasteiger partial charge in [-0.3, -0.25) is 10.1 Å². The Morgan fingerprint density at radius 2 is 2.16 bits per heavy atom. The summed E-state index contributed by atoms with van der Waals surface area (Å²) in [7, 11) is 0. The van der Waals surface area contributed by atoms with E-state index in [9.17, 15) is 14.5 Å². The maximum absolute atomic E-state index is 13.7. The number of hydrogen-bond donors (Lipinski definition) is 1. The van der Waals surface area contributed by atoms with Gasteiger partial charge in [0.05, 0.1) is 17.1 Å². The van der Waals surface area contributed by atoms with Crippen LogP contribution in [0.25, 0.3) is 0 Å². The Hall–Kier alpha value is -2.70. The predicted octanol–water partition coefficient (Wildman–Crippen LogP) is 2.81. The van der Waals surface area contributed by atoms with Crippen molar-refractivity contribution in [1.29, 1.82) is 0 Å². The van der Waals surface area contributed by atoms with Crippen molar-refractivity contribution in [2.45, 2.75) is 6.92 Å². The summed E-state index contributed by atoms with van der Waals surface area (Å²) in [6, 6.07) is 6.77. The Labute approximate surface area is 107 Å². The highest BCUT2D eigenvalue weighted by Gasteiger charge is 2.13. The van der Waals surface area contributed by atoms with Crippen LogP contribution in [0.2, 0.25) is 0 Å². The first-order valence-corrected chi connectivity index (χ1v) is 5.32. The number of nitro groups is 1. The number of pyridine rings is 1. The number of nitrogen functional groups attached to an aromatic ring is 1. The Kier molecular flexibility index (Phi) is 3.28. The first kappa shape index (κ1) is 12.7. The molecule has 0 bridgehead atoms. The van der Waals surface area contributed by atoms with Crippen molar-refractivity contribution in [2.75, 3.05) is 5.73 Å². The molecule has 2 aromatic rings. The molecule has 2 rings (SSSR count). The molecule has 6 nitrogen and oxygen atoms in total. The van der Waals surface area contributed by atoms with Gasteiger partial charge in [0.25, 0.3) is 5.69 Å². The summed E-state index contributed by atoms with van der Waals surface area (Å²) in [5.74, 6) is -0.810. The van der Waals surface area contributed by atoms with Crippen LogP contribution in [0.1, 0.15) is 5.56 Å². The van der Waals surface area contributed by atoms with Gasteiger partial charge in [0.1, 0.15) is 5.82 Å². The van der Waals surface area contributed by atoms with Gasteiger partial charge < -0.3 is 10.5 Å². The van der Waals surface area contributed by atoms with Gasteiger partial charge in [0.15, 0.2) is 11.6 Å². The van der Waals surface area contributed by atoms with Crippen LogP contribution in [0.3, 0.4) is 0 Å². The first-order valence-electron chi connectivity index (χ1n) is 5.32. The quantitative estimate of drug-likeness (QED) is 0.679. The van der Waals surface area contributed by atoms with Crippen LogP contribution in [-0.4, -0.2) is 9.91 Å². The van der Waals surface area contributed by atoms with Crippen LogP contribution in [0.4, 0.5) is 15.9 Å². The van der Waals surface area contributed by atoms with Gasteiger partial charge in [-0.1, -0.05) is 12.1 Å². The van der Waals surface area contributed by atoms with Crippen LogP contribution in [0.5, 0.6) is 11.6 Å². The van der Waals surface area contributed by atoms with E-state index in [0.717, 1.165) is 12.1 Å². The number of ether oxygens (including phenoxy) is 1. The van der Waals surface area contributed by atoms with E-state index in [4.69, 9.17) is 10.5 Å². The molecule has 0 aliphatic heterocycles. The zero-order valence-corrected chi connectivity index (χ0v) is 9.96. The average molecular weight is 263 g/mol. The van der Waals surface area contributed by atoms with E-state index in [1.807, 2.05) is 0 Å². The maximum Gasteiger partial charge on any atom is 0.278 e.